The normalized spacial score (nSPS) is 13.9. The number of amides is 2. The minimum absolute atomic E-state index is 0.223. The summed E-state index contributed by atoms with van der Waals surface area (Å²) in [4.78, 5) is 33.2. The molecule has 4 rings (SSSR count). The number of anilines is 2. The number of ether oxygens (including phenoxy) is 1. The van der Waals surface area contributed by atoms with Gasteiger partial charge in [-0.1, -0.05) is 6.07 Å². The standard InChI is InChI=1S/C25H23F3N4O3/c1-35-21-4-2-3-18(15-21)23(33)30-20-9-10-22(29-16-20)31-11-13-32(14-12-31)24(34)17-5-7-19(8-6-17)25(26,27)28/h2-10,15-16H,11-14H2,1H3,(H,30,33). The number of halogens is 3. The van der Waals surface area contributed by atoms with E-state index >= 15 is 0 Å². The SMILES string of the molecule is COc1cccc(C(=O)Nc2ccc(N3CCN(C(=O)c4ccc(C(F)(F)F)cc4)CC3)nc2)c1. The van der Waals surface area contributed by atoms with Crippen LogP contribution in [-0.4, -0.2) is 55.0 Å². The predicted octanol–water partition coefficient (Wildman–Crippen LogP) is 4.32. The molecule has 0 saturated carbocycles. The van der Waals surface area contributed by atoms with E-state index in [2.05, 4.69) is 10.3 Å². The van der Waals surface area contributed by atoms with Gasteiger partial charge in [0, 0.05) is 37.3 Å². The molecule has 7 nitrogen and oxygen atoms in total. The second-order valence-corrected chi connectivity index (χ2v) is 7.95. The van der Waals surface area contributed by atoms with Gasteiger partial charge in [0.05, 0.1) is 24.6 Å². The number of carbonyl (C=O) groups is 2. The van der Waals surface area contributed by atoms with Crippen molar-refractivity contribution in [1.82, 2.24) is 9.88 Å². The molecule has 1 aromatic heterocycles. The molecule has 0 bridgehead atoms. The largest absolute Gasteiger partial charge is 0.497 e. The molecule has 35 heavy (non-hydrogen) atoms. The van der Waals surface area contributed by atoms with Crippen molar-refractivity contribution in [2.45, 2.75) is 6.18 Å². The van der Waals surface area contributed by atoms with Gasteiger partial charge in [-0.05, 0) is 54.6 Å². The summed E-state index contributed by atoms with van der Waals surface area (Å²) in [7, 11) is 1.53. The predicted molar refractivity (Wildman–Crippen MR) is 125 cm³/mol. The zero-order valence-corrected chi connectivity index (χ0v) is 18.9. The van der Waals surface area contributed by atoms with Crippen molar-refractivity contribution in [2.75, 3.05) is 43.5 Å². The van der Waals surface area contributed by atoms with Gasteiger partial charge in [-0.25, -0.2) is 4.98 Å². The molecule has 1 saturated heterocycles. The fraction of sp³-hybridized carbons (Fsp3) is 0.240. The lowest BCUT2D eigenvalue weighted by Gasteiger charge is -2.35. The van der Waals surface area contributed by atoms with Crippen LogP contribution in [0.4, 0.5) is 24.7 Å². The van der Waals surface area contributed by atoms with Crippen LogP contribution in [0.15, 0.2) is 66.9 Å². The van der Waals surface area contributed by atoms with Crippen LogP contribution in [0.3, 0.4) is 0 Å². The second-order valence-electron chi connectivity index (χ2n) is 7.95. The quantitative estimate of drug-likeness (QED) is 0.584. The van der Waals surface area contributed by atoms with Gasteiger partial charge in [0.2, 0.25) is 0 Å². The van der Waals surface area contributed by atoms with Gasteiger partial charge in [-0.15, -0.1) is 0 Å². The van der Waals surface area contributed by atoms with E-state index in [1.165, 1.54) is 19.2 Å². The molecule has 182 valence electrons. The van der Waals surface area contributed by atoms with Gasteiger partial charge in [0.25, 0.3) is 11.8 Å². The van der Waals surface area contributed by atoms with Crippen LogP contribution in [0, 0.1) is 0 Å². The Bertz CT molecular complexity index is 1190. The molecule has 0 unspecified atom stereocenters. The van der Waals surface area contributed by atoms with E-state index in [1.54, 1.807) is 47.5 Å². The molecular weight excluding hydrogens is 461 g/mol. The number of rotatable bonds is 5. The third kappa shape index (κ3) is 5.71. The molecule has 1 aliphatic heterocycles. The molecule has 0 radical (unpaired) electrons. The highest BCUT2D eigenvalue weighted by molar-refractivity contribution is 6.04. The van der Waals surface area contributed by atoms with Gasteiger partial charge in [0.15, 0.2) is 0 Å². The van der Waals surface area contributed by atoms with Crippen LogP contribution in [-0.2, 0) is 6.18 Å². The van der Waals surface area contributed by atoms with E-state index in [4.69, 9.17) is 4.74 Å². The average Bonchev–Trinajstić information content (AvgIpc) is 2.88. The highest BCUT2D eigenvalue weighted by Crippen LogP contribution is 2.29. The molecule has 0 atom stereocenters. The second kappa shape index (κ2) is 10.0. The molecule has 10 heteroatoms. The van der Waals surface area contributed by atoms with Crippen molar-refractivity contribution >= 4 is 23.3 Å². The maximum absolute atomic E-state index is 12.7. The van der Waals surface area contributed by atoms with Crippen molar-refractivity contribution in [3.05, 3.63) is 83.6 Å². The summed E-state index contributed by atoms with van der Waals surface area (Å²) in [6, 6.07) is 14.6. The zero-order chi connectivity index (χ0) is 25.0. The number of nitrogens with one attached hydrogen (secondary N) is 1. The number of piperazine rings is 1. The first-order valence-electron chi connectivity index (χ1n) is 10.9. The first-order chi connectivity index (χ1) is 16.7. The number of hydrogen-bond donors (Lipinski definition) is 1. The summed E-state index contributed by atoms with van der Waals surface area (Å²) in [5, 5.41) is 2.79. The van der Waals surface area contributed by atoms with Gasteiger partial charge < -0.3 is 19.9 Å². The van der Waals surface area contributed by atoms with E-state index in [-0.39, 0.29) is 17.4 Å². The fourth-order valence-electron chi connectivity index (χ4n) is 3.74. The summed E-state index contributed by atoms with van der Waals surface area (Å²) in [5.74, 6) is 0.698. The maximum Gasteiger partial charge on any atom is 0.416 e. The molecule has 1 N–H and O–H groups in total. The highest BCUT2D eigenvalue weighted by atomic mass is 19.4. The Labute approximate surface area is 200 Å². The summed E-state index contributed by atoms with van der Waals surface area (Å²) >= 11 is 0. The van der Waals surface area contributed by atoms with E-state index in [0.717, 1.165) is 12.1 Å². The number of nitrogens with zero attached hydrogens (tertiary/aromatic N) is 3. The Hall–Kier alpha value is -4.08. The van der Waals surface area contributed by atoms with Crippen molar-refractivity contribution in [3.63, 3.8) is 0 Å². The Balaban J connectivity index is 1.32. The third-order valence-electron chi connectivity index (χ3n) is 5.69. The number of methoxy groups -OCH3 is 1. The summed E-state index contributed by atoms with van der Waals surface area (Å²) in [6.45, 7) is 1.87. The van der Waals surface area contributed by atoms with Crippen LogP contribution in [0.5, 0.6) is 5.75 Å². The van der Waals surface area contributed by atoms with E-state index in [1.807, 2.05) is 4.90 Å². The molecule has 0 aliphatic carbocycles. The van der Waals surface area contributed by atoms with Gasteiger partial charge in [-0.2, -0.15) is 13.2 Å². The number of hydrogen-bond acceptors (Lipinski definition) is 5. The number of alkyl halides is 3. The average molecular weight is 484 g/mol. The summed E-state index contributed by atoms with van der Waals surface area (Å²) in [5.41, 5.74) is 0.439. The molecule has 1 aliphatic rings. The van der Waals surface area contributed by atoms with Crippen LogP contribution in [0.1, 0.15) is 26.3 Å². The Morgan fingerprint density at radius 2 is 1.66 bits per heavy atom. The molecule has 2 amide bonds. The van der Waals surface area contributed by atoms with E-state index in [9.17, 15) is 22.8 Å². The number of aromatic nitrogens is 1. The minimum atomic E-state index is -4.44. The van der Waals surface area contributed by atoms with Crippen LogP contribution in [0.25, 0.3) is 0 Å². The number of pyridine rings is 1. The molecule has 3 aromatic rings. The lowest BCUT2D eigenvalue weighted by atomic mass is 10.1. The van der Waals surface area contributed by atoms with Crippen LogP contribution in [0.2, 0.25) is 0 Å². The van der Waals surface area contributed by atoms with Crippen LogP contribution >= 0.6 is 0 Å². The third-order valence-corrected chi connectivity index (χ3v) is 5.69. The fourth-order valence-corrected chi connectivity index (χ4v) is 3.74. The topological polar surface area (TPSA) is 74.8 Å². The van der Waals surface area contributed by atoms with Crippen LogP contribution < -0.4 is 15.0 Å². The van der Waals surface area contributed by atoms with Crippen molar-refractivity contribution in [2.24, 2.45) is 0 Å². The molecule has 2 heterocycles. The lowest BCUT2D eigenvalue weighted by molar-refractivity contribution is -0.137. The Kier molecular flexibility index (Phi) is 6.90. The Morgan fingerprint density at radius 3 is 2.26 bits per heavy atom. The van der Waals surface area contributed by atoms with Gasteiger partial charge in [0.1, 0.15) is 11.6 Å². The number of carbonyl (C=O) groups excluding carboxylic acids is 2. The zero-order valence-electron chi connectivity index (χ0n) is 18.9. The minimum Gasteiger partial charge on any atom is -0.497 e. The van der Waals surface area contributed by atoms with Gasteiger partial charge >= 0.3 is 6.18 Å². The summed E-state index contributed by atoms with van der Waals surface area (Å²) < 4.78 is 43.4. The first-order valence-corrected chi connectivity index (χ1v) is 10.9. The monoisotopic (exact) mass is 484 g/mol. The molecular formula is C25H23F3N4O3. The first kappa shape index (κ1) is 24.1. The van der Waals surface area contributed by atoms with E-state index in [0.29, 0.717) is 49.0 Å². The Morgan fingerprint density at radius 1 is 0.943 bits per heavy atom. The van der Waals surface area contributed by atoms with E-state index < -0.39 is 11.7 Å². The molecule has 2 aromatic carbocycles. The lowest BCUT2D eigenvalue weighted by Crippen LogP contribution is -2.49. The highest BCUT2D eigenvalue weighted by Gasteiger charge is 2.30. The smallest absolute Gasteiger partial charge is 0.416 e. The van der Waals surface area contributed by atoms with Crippen molar-refractivity contribution in [1.29, 1.82) is 0 Å². The maximum atomic E-state index is 12.7. The molecule has 1 fully saturated rings. The molecule has 0 spiro atoms. The van der Waals surface area contributed by atoms with Gasteiger partial charge in [-0.3, -0.25) is 9.59 Å². The van der Waals surface area contributed by atoms with Crippen molar-refractivity contribution < 1.29 is 27.5 Å². The number of benzene rings is 2. The van der Waals surface area contributed by atoms with Crippen molar-refractivity contribution in [3.8, 4) is 5.75 Å². The summed E-state index contributed by atoms with van der Waals surface area (Å²) in [6.07, 6.45) is -2.87.